The van der Waals surface area contributed by atoms with Crippen molar-refractivity contribution >= 4 is 46.8 Å². The van der Waals surface area contributed by atoms with Gasteiger partial charge in [-0.3, -0.25) is 9.79 Å². The zero-order valence-electron chi connectivity index (χ0n) is 16.9. The van der Waals surface area contributed by atoms with Crippen LogP contribution < -0.4 is 10.6 Å². The van der Waals surface area contributed by atoms with E-state index in [0.29, 0.717) is 6.42 Å². The molecule has 156 valence electrons. The molecule has 1 aromatic heterocycles. The highest BCUT2D eigenvalue weighted by molar-refractivity contribution is 14.0. The van der Waals surface area contributed by atoms with Gasteiger partial charge in [-0.15, -0.1) is 24.0 Å². The number of para-hydroxylation sites is 1. The number of ether oxygens (including phenoxy) is 1. The van der Waals surface area contributed by atoms with E-state index in [4.69, 9.17) is 0 Å². The monoisotopic (exact) mass is 500 g/mol. The Hall–Kier alpha value is -1.77. The second-order valence-electron chi connectivity index (χ2n) is 6.59. The summed E-state index contributed by atoms with van der Waals surface area (Å²) in [5.74, 6) is 0.729. The maximum Gasteiger partial charge on any atom is 0.305 e. The number of hydrogen-bond acceptors (Lipinski definition) is 3. The van der Waals surface area contributed by atoms with E-state index in [1.165, 1.54) is 18.0 Å². The Morgan fingerprint density at radius 1 is 1.04 bits per heavy atom. The summed E-state index contributed by atoms with van der Waals surface area (Å²) in [7, 11) is 3.23. The summed E-state index contributed by atoms with van der Waals surface area (Å²) < 4.78 is 6.93. The van der Waals surface area contributed by atoms with Crippen LogP contribution in [0.3, 0.4) is 0 Å². The molecule has 0 unspecified atom stereocenters. The van der Waals surface area contributed by atoms with E-state index in [9.17, 15) is 4.79 Å². The number of aliphatic imine (C=N–C) groups is 1. The number of guanidine groups is 1. The molecular weight excluding hydrogens is 467 g/mol. The van der Waals surface area contributed by atoms with Crippen molar-refractivity contribution in [2.75, 3.05) is 27.2 Å². The molecular formula is C21H33IN4O2. The van der Waals surface area contributed by atoms with Crippen LogP contribution in [0.4, 0.5) is 0 Å². The first-order valence-electron chi connectivity index (χ1n) is 9.80. The molecule has 0 aliphatic carbocycles. The molecule has 0 fully saturated rings. The molecule has 0 amide bonds. The van der Waals surface area contributed by atoms with E-state index < -0.39 is 0 Å². The molecule has 0 aliphatic heterocycles. The largest absolute Gasteiger partial charge is 0.469 e. The van der Waals surface area contributed by atoms with Crippen LogP contribution in [0.15, 0.2) is 41.5 Å². The Balaban J connectivity index is 0.00000392. The van der Waals surface area contributed by atoms with Gasteiger partial charge < -0.3 is 19.9 Å². The molecule has 6 nitrogen and oxygen atoms in total. The van der Waals surface area contributed by atoms with E-state index in [0.717, 1.165) is 57.7 Å². The normalized spacial score (nSPS) is 11.1. The second kappa shape index (κ2) is 14.3. The highest BCUT2D eigenvalue weighted by Gasteiger charge is 2.01. The topological polar surface area (TPSA) is 67.7 Å². The van der Waals surface area contributed by atoms with Gasteiger partial charge in [-0.05, 0) is 36.8 Å². The average Bonchev–Trinajstić information content (AvgIpc) is 3.11. The minimum absolute atomic E-state index is 0. The lowest BCUT2D eigenvalue weighted by Crippen LogP contribution is -2.38. The van der Waals surface area contributed by atoms with Crippen molar-refractivity contribution in [1.82, 2.24) is 15.2 Å². The molecule has 2 rings (SSSR count). The van der Waals surface area contributed by atoms with Gasteiger partial charge in [-0.1, -0.05) is 31.0 Å². The predicted molar refractivity (Wildman–Crippen MR) is 126 cm³/mol. The van der Waals surface area contributed by atoms with Crippen LogP contribution in [0.5, 0.6) is 0 Å². The predicted octanol–water partition coefficient (Wildman–Crippen LogP) is 3.94. The zero-order chi connectivity index (χ0) is 19.3. The Morgan fingerprint density at radius 3 is 2.50 bits per heavy atom. The van der Waals surface area contributed by atoms with E-state index in [1.54, 1.807) is 7.05 Å². The van der Waals surface area contributed by atoms with Crippen molar-refractivity contribution in [2.45, 2.75) is 45.1 Å². The van der Waals surface area contributed by atoms with Gasteiger partial charge in [-0.25, -0.2) is 0 Å². The van der Waals surface area contributed by atoms with E-state index >= 15 is 0 Å². The van der Waals surface area contributed by atoms with Gasteiger partial charge in [0.2, 0.25) is 0 Å². The van der Waals surface area contributed by atoms with E-state index in [2.05, 4.69) is 61.5 Å². The van der Waals surface area contributed by atoms with Crippen molar-refractivity contribution in [3.05, 3.63) is 36.5 Å². The number of aromatic nitrogens is 1. The summed E-state index contributed by atoms with van der Waals surface area (Å²) in [5, 5.41) is 8.00. The highest BCUT2D eigenvalue weighted by Crippen LogP contribution is 2.15. The first-order valence-corrected chi connectivity index (χ1v) is 9.80. The molecule has 28 heavy (non-hydrogen) atoms. The number of benzene rings is 1. The molecule has 7 heteroatoms. The summed E-state index contributed by atoms with van der Waals surface area (Å²) in [5.41, 5.74) is 1.28. The number of esters is 1. The molecule has 0 aliphatic rings. The summed E-state index contributed by atoms with van der Waals surface area (Å²) >= 11 is 0. The summed E-state index contributed by atoms with van der Waals surface area (Å²) in [6.07, 6.45) is 7.81. The highest BCUT2D eigenvalue weighted by atomic mass is 127. The Labute approximate surface area is 185 Å². The number of aryl methyl sites for hydroxylation is 1. The molecule has 0 atom stereocenters. The quantitative estimate of drug-likeness (QED) is 0.161. The molecule has 1 aromatic carbocycles. The standard InChI is InChI=1S/C21H32N4O2.HI/c1-22-21(23-14-8-4-3-5-12-20(26)27-2)24-15-9-16-25-17-13-18-10-6-7-11-19(18)25;/h6-7,10-11,13,17H,3-5,8-9,12,14-16H2,1-2H3,(H2,22,23,24);1H. The number of carbonyl (C=O) groups is 1. The minimum Gasteiger partial charge on any atom is -0.469 e. The summed E-state index contributed by atoms with van der Waals surface area (Å²) in [4.78, 5) is 15.3. The zero-order valence-corrected chi connectivity index (χ0v) is 19.3. The molecule has 2 N–H and O–H groups in total. The van der Waals surface area contributed by atoms with Crippen molar-refractivity contribution in [2.24, 2.45) is 4.99 Å². The number of carbonyl (C=O) groups excluding carboxylic acids is 1. The van der Waals surface area contributed by atoms with Crippen LogP contribution in [0, 0.1) is 0 Å². The van der Waals surface area contributed by atoms with Crippen molar-refractivity contribution in [3.8, 4) is 0 Å². The summed E-state index contributed by atoms with van der Waals surface area (Å²) in [6.45, 7) is 2.75. The molecule has 0 bridgehead atoms. The number of unbranched alkanes of at least 4 members (excludes halogenated alkanes) is 3. The van der Waals surface area contributed by atoms with Gasteiger partial charge in [0, 0.05) is 44.8 Å². The third-order valence-corrected chi connectivity index (χ3v) is 4.60. The number of rotatable bonds is 11. The van der Waals surface area contributed by atoms with Gasteiger partial charge in [0.15, 0.2) is 5.96 Å². The van der Waals surface area contributed by atoms with Crippen LogP contribution in [-0.2, 0) is 16.1 Å². The van der Waals surface area contributed by atoms with Crippen LogP contribution in [0.2, 0.25) is 0 Å². The maximum atomic E-state index is 11.0. The number of methoxy groups -OCH3 is 1. The number of halogens is 1. The molecule has 0 saturated carbocycles. The van der Waals surface area contributed by atoms with Crippen LogP contribution >= 0.6 is 24.0 Å². The first kappa shape index (κ1) is 24.3. The lowest BCUT2D eigenvalue weighted by molar-refractivity contribution is -0.140. The second-order valence-corrected chi connectivity index (χ2v) is 6.59. The summed E-state index contributed by atoms with van der Waals surface area (Å²) in [6, 6.07) is 10.6. The lowest BCUT2D eigenvalue weighted by atomic mass is 10.1. The number of nitrogens with one attached hydrogen (secondary N) is 2. The Morgan fingerprint density at radius 2 is 1.75 bits per heavy atom. The molecule has 0 radical (unpaired) electrons. The van der Waals surface area contributed by atoms with Crippen molar-refractivity contribution in [1.29, 1.82) is 0 Å². The van der Waals surface area contributed by atoms with Gasteiger partial charge in [0.1, 0.15) is 0 Å². The van der Waals surface area contributed by atoms with Gasteiger partial charge in [0.25, 0.3) is 0 Å². The fourth-order valence-corrected chi connectivity index (χ4v) is 3.07. The van der Waals surface area contributed by atoms with Crippen molar-refractivity contribution < 1.29 is 9.53 Å². The number of hydrogen-bond donors (Lipinski definition) is 2. The molecule has 0 spiro atoms. The van der Waals surface area contributed by atoms with Gasteiger partial charge in [0.05, 0.1) is 7.11 Å². The number of fused-ring (bicyclic) bond motifs is 1. The fraction of sp³-hybridized carbons (Fsp3) is 0.524. The Bertz CT molecular complexity index is 730. The average molecular weight is 500 g/mol. The van der Waals surface area contributed by atoms with Crippen LogP contribution in [-0.4, -0.2) is 43.7 Å². The third kappa shape index (κ3) is 8.50. The SMILES string of the molecule is CN=C(NCCCCCCC(=O)OC)NCCCn1ccc2ccccc21.I. The minimum atomic E-state index is -0.120. The van der Waals surface area contributed by atoms with E-state index in [1.807, 2.05) is 0 Å². The third-order valence-electron chi connectivity index (χ3n) is 4.60. The number of nitrogens with zero attached hydrogens (tertiary/aromatic N) is 2. The van der Waals surface area contributed by atoms with Crippen LogP contribution in [0.25, 0.3) is 10.9 Å². The van der Waals surface area contributed by atoms with Crippen molar-refractivity contribution in [3.63, 3.8) is 0 Å². The fourth-order valence-electron chi connectivity index (χ4n) is 3.07. The Kier molecular flexibility index (Phi) is 12.4. The smallest absolute Gasteiger partial charge is 0.305 e. The van der Waals surface area contributed by atoms with E-state index in [-0.39, 0.29) is 29.9 Å². The maximum absolute atomic E-state index is 11.0. The van der Waals surface area contributed by atoms with Gasteiger partial charge in [-0.2, -0.15) is 0 Å². The van der Waals surface area contributed by atoms with Gasteiger partial charge >= 0.3 is 5.97 Å². The first-order chi connectivity index (χ1) is 13.2. The van der Waals surface area contributed by atoms with Crippen LogP contribution in [0.1, 0.15) is 38.5 Å². The molecule has 1 heterocycles. The molecule has 2 aromatic rings. The molecule has 0 saturated heterocycles. The lowest BCUT2D eigenvalue weighted by Gasteiger charge is -2.12.